The number of carbonyl (C=O) groups is 1. The van der Waals surface area contributed by atoms with E-state index in [1.165, 1.54) is 21.3 Å². The van der Waals surface area contributed by atoms with Crippen molar-refractivity contribution in [1.82, 2.24) is 0 Å². The van der Waals surface area contributed by atoms with Gasteiger partial charge >= 0.3 is 0 Å². The third kappa shape index (κ3) is 3.76. The Morgan fingerprint density at radius 1 is 1.08 bits per heavy atom. The number of hydrogen-bond acceptors (Lipinski definition) is 5. The Morgan fingerprint density at radius 3 is 2.25 bits per heavy atom. The minimum absolute atomic E-state index is 0.108. The fourth-order valence-electron chi connectivity index (χ4n) is 2.31. The fourth-order valence-corrected chi connectivity index (χ4v) is 2.31. The zero-order chi connectivity index (χ0) is 17.5. The second kappa shape index (κ2) is 7.88. The van der Waals surface area contributed by atoms with Gasteiger partial charge in [-0.05, 0) is 29.8 Å². The Labute approximate surface area is 140 Å². The molecular formula is C18H18N2O4. The van der Waals surface area contributed by atoms with Gasteiger partial charge in [0.2, 0.25) is 11.7 Å². The summed E-state index contributed by atoms with van der Waals surface area (Å²) >= 11 is 0. The lowest BCUT2D eigenvalue weighted by molar-refractivity contribution is -0.115. The summed E-state index contributed by atoms with van der Waals surface area (Å²) in [7, 11) is 4.56. The highest BCUT2D eigenvalue weighted by atomic mass is 16.5. The molecule has 0 saturated carbocycles. The first kappa shape index (κ1) is 17.2. The van der Waals surface area contributed by atoms with E-state index >= 15 is 0 Å². The van der Waals surface area contributed by atoms with Crippen LogP contribution in [0.15, 0.2) is 36.4 Å². The van der Waals surface area contributed by atoms with Gasteiger partial charge in [-0.25, -0.2) is 0 Å². The maximum Gasteiger partial charge on any atom is 0.228 e. The molecule has 0 unspecified atom stereocenters. The van der Waals surface area contributed by atoms with Crippen LogP contribution in [0.3, 0.4) is 0 Å². The molecule has 24 heavy (non-hydrogen) atoms. The predicted molar refractivity (Wildman–Crippen MR) is 89.6 cm³/mol. The van der Waals surface area contributed by atoms with Crippen molar-refractivity contribution in [2.75, 3.05) is 26.6 Å². The minimum Gasteiger partial charge on any atom is -0.493 e. The van der Waals surface area contributed by atoms with Crippen molar-refractivity contribution < 1.29 is 19.0 Å². The monoisotopic (exact) mass is 326 g/mol. The van der Waals surface area contributed by atoms with Crippen LogP contribution in [0.1, 0.15) is 11.1 Å². The van der Waals surface area contributed by atoms with Crippen LogP contribution in [-0.4, -0.2) is 27.2 Å². The third-order valence-electron chi connectivity index (χ3n) is 3.41. The quantitative estimate of drug-likeness (QED) is 0.883. The summed E-state index contributed by atoms with van der Waals surface area (Å²) in [6.45, 7) is 0. The number of hydrogen-bond donors (Lipinski definition) is 1. The number of methoxy groups -OCH3 is 3. The van der Waals surface area contributed by atoms with E-state index in [0.717, 1.165) is 0 Å². The number of carbonyl (C=O) groups excluding carboxylic acids is 1. The lowest BCUT2D eigenvalue weighted by atomic mass is 10.1. The molecule has 0 fully saturated rings. The van der Waals surface area contributed by atoms with E-state index in [2.05, 4.69) is 5.32 Å². The van der Waals surface area contributed by atoms with Crippen LogP contribution in [0.4, 0.5) is 5.69 Å². The van der Waals surface area contributed by atoms with Crippen LogP contribution in [0.5, 0.6) is 17.2 Å². The van der Waals surface area contributed by atoms with Gasteiger partial charge < -0.3 is 19.5 Å². The summed E-state index contributed by atoms with van der Waals surface area (Å²) < 4.78 is 15.8. The third-order valence-corrected chi connectivity index (χ3v) is 3.41. The number of nitrogens with one attached hydrogen (secondary N) is 1. The first-order chi connectivity index (χ1) is 11.6. The number of amides is 1. The molecule has 0 bridgehead atoms. The molecule has 0 aliphatic rings. The largest absolute Gasteiger partial charge is 0.493 e. The summed E-state index contributed by atoms with van der Waals surface area (Å²) in [4.78, 5) is 12.3. The van der Waals surface area contributed by atoms with E-state index in [4.69, 9.17) is 19.5 Å². The number of nitriles is 1. The number of para-hydroxylation sites is 1. The van der Waals surface area contributed by atoms with Crippen LogP contribution in [0, 0.1) is 11.3 Å². The molecule has 0 atom stereocenters. The number of ether oxygens (including phenoxy) is 3. The molecule has 124 valence electrons. The van der Waals surface area contributed by atoms with Gasteiger partial charge in [0, 0.05) is 0 Å². The Kier molecular flexibility index (Phi) is 5.63. The van der Waals surface area contributed by atoms with Crippen LogP contribution in [0.2, 0.25) is 0 Å². The lowest BCUT2D eigenvalue weighted by Gasteiger charge is -2.14. The van der Waals surface area contributed by atoms with Gasteiger partial charge in [0.05, 0.1) is 39.0 Å². The molecule has 0 spiro atoms. The zero-order valence-electron chi connectivity index (χ0n) is 13.8. The Hall–Kier alpha value is -3.20. The topological polar surface area (TPSA) is 80.6 Å². The van der Waals surface area contributed by atoms with Crippen molar-refractivity contribution >= 4 is 11.6 Å². The molecular weight excluding hydrogens is 308 g/mol. The highest BCUT2D eigenvalue weighted by Gasteiger charge is 2.15. The summed E-state index contributed by atoms with van der Waals surface area (Å²) in [5.74, 6) is 1.19. The SMILES string of the molecule is COc1cc(CC(=O)Nc2ccccc2C#N)cc(OC)c1OC. The molecule has 0 aliphatic heterocycles. The fraction of sp³-hybridized carbons (Fsp3) is 0.222. The van der Waals surface area contributed by atoms with Gasteiger partial charge in [0.1, 0.15) is 6.07 Å². The summed E-state index contributed by atoms with van der Waals surface area (Å²) in [6, 6.07) is 12.3. The molecule has 2 rings (SSSR count). The molecule has 0 saturated heterocycles. The highest BCUT2D eigenvalue weighted by Crippen LogP contribution is 2.38. The van der Waals surface area contributed by atoms with Crippen molar-refractivity contribution in [1.29, 1.82) is 5.26 Å². The van der Waals surface area contributed by atoms with Crippen molar-refractivity contribution in [2.45, 2.75) is 6.42 Å². The number of benzene rings is 2. The van der Waals surface area contributed by atoms with E-state index in [0.29, 0.717) is 34.1 Å². The first-order valence-corrected chi connectivity index (χ1v) is 7.20. The van der Waals surface area contributed by atoms with Crippen molar-refractivity contribution in [3.8, 4) is 23.3 Å². The second-order valence-corrected chi connectivity index (χ2v) is 4.92. The minimum atomic E-state index is -0.244. The molecule has 0 aromatic heterocycles. The number of nitrogens with zero attached hydrogens (tertiary/aromatic N) is 1. The van der Waals surface area contributed by atoms with Gasteiger partial charge in [-0.2, -0.15) is 5.26 Å². The average Bonchev–Trinajstić information content (AvgIpc) is 2.61. The average molecular weight is 326 g/mol. The van der Waals surface area contributed by atoms with Gasteiger partial charge in [-0.15, -0.1) is 0 Å². The van der Waals surface area contributed by atoms with E-state index in [9.17, 15) is 4.79 Å². The number of rotatable bonds is 6. The van der Waals surface area contributed by atoms with Crippen LogP contribution < -0.4 is 19.5 Å². The normalized spacial score (nSPS) is 9.75. The molecule has 2 aromatic rings. The highest BCUT2D eigenvalue weighted by molar-refractivity contribution is 5.93. The van der Waals surface area contributed by atoms with Crippen molar-refractivity contribution in [2.24, 2.45) is 0 Å². The van der Waals surface area contributed by atoms with Gasteiger partial charge in [0.25, 0.3) is 0 Å². The molecule has 0 radical (unpaired) electrons. The predicted octanol–water partition coefficient (Wildman–Crippen LogP) is 2.77. The first-order valence-electron chi connectivity index (χ1n) is 7.20. The Morgan fingerprint density at radius 2 is 1.71 bits per heavy atom. The Balaban J connectivity index is 2.21. The standard InChI is InChI=1S/C18H18N2O4/c1-22-15-8-12(9-16(23-2)18(15)24-3)10-17(21)20-14-7-5-4-6-13(14)11-19/h4-9H,10H2,1-3H3,(H,20,21). The van der Waals surface area contributed by atoms with Gasteiger partial charge in [-0.3, -0.25) is 4.79 Å². The van der Waals surface area contributed by atoms with E-state index in [1.807, 2.05) is 6.07 Å². The van der Waals surface area contributed by atoms with Crippen LogP contribution in [0.25, 0.3) is 0 Å². The smallest absolute Gasteiger partial charge is 0.228 e. The van der Waals surface area contributed by atoms with Crippen LogP contribution >= 0.6 is 0 Å². The van der Waals surface area contributed by atoms with Gasteiger partial charge in [-0.1, -0.05) is 12.1 Å². The van der Waals surface area contributed by atoms with Crippen LogP contribution in [-0.2, 0) is 11.2 Å². The molecule has 0 aliphatic carbocycles. The lowest BCUT2D eigenvalue weighted by Crippen LogP contribution is -2.15. The molecule has 6 nitrogen and oxygen atoms in total. The number of anilines is 1. The van der Waals surface area contributed by atoms with E-state index in [-0.39, 0.29) is 12.3 Å². The Bertz CT molecular complexity index is 756. The van der Waals surface area contributed by atoms with E-state index < -0.39 is 0 Å². The molecule has 1 N–H and O–H groups in total. The maximum atomic E-state index is 12.3. The van der Waals surface area contributed by atoms with E-state index in [1.54, 1.807) is 36.4 Å². The molecule has 0 heterocycles. The molecule has 2 aromatic carbocycles. The van der Waals surface area contributed by atoms with Crippen molar-refractivity contribution in [3.05, 3.63) is 47.5 Å². The molecule has 1 amide bonds. The summed E-state index contributed by atoms with van der Waals surface area (Å²) in [5, 5.41) is 11.8. The maximum absolute atomic E-state index is 12.3. The van der Waals surface area contributed by atoms with Crippen molar-refractivity contribution in [3.63, 3.8) is 0 Å². The second-order valence-electron chi connectivity index (χ2n) is 4.92. The molecule has 6 heteroatoms. The summed E-state index contributed by atoms with van der Waals surface area (Å²) in [6.07, 6.45) is 0.108. The summed E-state index contributed by atoms with van der Waals surface area (Å²) in [5.41, 5.74) is 1.60. The van der Waals surface area contributed by atoms with Gasteiger partial charge in [0.15, 0.2) is 11.5 Å². The zero-order valence-corrected chi connectivity index (χ0v) is 13.8.